The largest absolute Gasteiger partial charge is 0.297 e. The molecule has 2 unspecified atom stereocenters. The molecule has 2 heteroatoms. The van der Waals surface area contributed by atoms with Crippen molar-refractivity contribution in [3.63, 3.8) is 0 Å². The van der Waals surface area contributed by atoms with E-state index in [-0.39, 0.29) is 0 Å². The van der Waals surface area contributed by atoms with Crippen molar-refractivity contribution >= 4 is 11.8 Å². The number of rotatable bonds is 3. The van der Waals surface area contributed by atoms with Crippen LogP contribution < -0.4 is 0 Å². The van der Waals surface area contributed by atoms with Crippen LogP contribution in [-0.2, 0) is 0 Å². The molecule has 0 bridgehead atoms. The van der Waals surface area contributed by atoms with Gasteiger partial charge in [0.25, 0.3) is 0 Å². The molecule has 0 aromatic heterocycles. The summed E-state index contributed by atoms with van der Waals surface area (Å²) in [4.78, 5) is 2.69. The maximum Gasteiger partial charge on any atom is 0.0189 e. The van der Waals surface area contributed by atoms with E-state index in [4.69, 9.17) is 0 Å². The van der Waals surface area contributed by atoms with Crippen molar-refractivity contribution in [1.82, 2.24) is 4.90 Å². The molecule has 0 N–H and O–H groups in total. The zero-order chi connectivity index (χ0) is 9.84. The van der Waals surface area contributed by atoms with Gasteiger partial charge in [-0.25, -0.2) is 0 Å². The molecule has 78 valence electrons. The maximum atomic E-state index is 2.69. The molecule has 1 aliphatic rings. The van der Waals surface area contributed by atoms with Gasteiger partial charge in [-0.2, -0.15) is 11.8 Å². The van der Waals surface area contributed by atoms with E-state index < -0.39 is 0 Å². The topological polar surface area (TPSA) is 3.24 Å². The van der Waals surface area contributed by atoms with Crippen molar-refractivity contribution in [1.29, 1.82) is 0 Å². The third kappa shape index (κ3) is 3.17. The van der Waals surface area contributed by atoms with E-state index in [1.807, 2.05) is 11.8 Å². The zero-order valence-electron chi connectivity index (χ0n) is 9.42. The quantitative estimate of drug-likeness (QED) is 0.691. The molecule has 0 aromatic carbocycles. The molecular formula is C11H23NS. The highest BCUT2D eigenvalue weighted by atomic mass is 32.2. The van der Waals surface area contributed by atoms with Gasteiger partial charge < -0.3 is 0 Å². The van der Waals surface area contributed by atoms with E-state index in [1.54, 1.807) is 0 Å². The SMILES string of the molecule is CSCC1CCC(C)CN1C(C)C. The number of piperidine rings is 1. The van der Waals surface area contributed by atoms with Crippen LogP contribution in [0.25, 0.3) is 0 Å². The Hall–Kier alpha value is 0.310. The van der Waals surface area contributed by atoms with Gasteiger partial charge >= 0.3 is 0 Å². The second kappa shape index (κ2) is 5.26. The molecule has 13 heavy (non-hydrogen) atoms. The summed E-state index contributed by atoms with van der Waals surface area (Å²) in [6.45, 7) is 8.34. The van der Waals surface area contributed by atoms with Crippen LogP contribution in [0.5, 0.6) is 0 Å². The van der Waals surface area contributed by atoms with E-state index in [2.05, 4.69) is 31.9 Å². The normalized spacial score (nSPS) is 31.2. The first-order chi connectivity index (χ1) is 6.15. The third-order valence-corrected chi connectivity index (χ3v) is 3.72. The Labute approximate surface area is 87.3 Å². The van der Waals surface area contributed by atoms with Crippen molar-refractivity contribution < 1.29 is 0 Å². The van der Waals surface area contributed by atoms with Gasteiger partial charge in [-0.05, 0) is 38.9 Å². The molecule has 2 atom stereocenters. The first-order valence-corrected chi connectivity index (χ1v) is 6.79. The third-order valence-electron chi connectivity index (χ3n) is 3.01. The summed E-state index contributed by atoms with van der Waals surface area (Å²) in [5, 5.41) is 0. The standard InChI is InChI=1S/C11H23NS/c1-9(2)12-7-10(3)5-6-11(12)8-13-4/h9-11H,5-8H2,1-4H3. The molecule has 1 fully saturated rings. The zero-order valence-corrected chi connectivity index (χ0v) is 10.2. The second-order valence-electron chi connectivity index (χ2n) is 4.58. The molecule has 0 aromatic rings. The molecule has 1 heterocycles. The van der Waals surface area contributed by atoms with Crippen molar-refractivity contribution in [3.8, 4) is 0 Å². The minimum absolute atomic E-state index is 0.722. The van der Waals surface area contributed by atoms with Crippen LogP contribution >= 0.6 is 11.8 Å². The molecule has 0 saturated carbocycles. The van der Waals surface area contributed by atoms with Crippen LogP contribution in [0.4, 0.5) is 0 Å². The van der Waals surface area contributed by atoms with Gasteiger partial charge in [0.1, 0.15) is 0 Å². The van der Waals surface area contributed by atoms with Crippen LogP contribution in [0.2, 0.25) is 0 Å². The molecule has 1 aliphatic heterocycles. The highest BCUT2D eigenvalue weighted by Crippen LogP contribution is 2.25. The predicted octanol–water partition coefficient (Wildman–Crippen LogP) is 2.86. The van der Waals surface area contributed by atoms with Crippen LogP contribution in [0.1, 0.15) is 33.6 Å². The fourth-order valence-corrected chi connectivity index (χ4v) is 2.99. The summed E-state index contributed by atoms with van der Waals surface area (Å²) in [6, 6.07) is 1.56. The highest BCUT2D eigenvalue weighted by Gasteiger charge is 2.27. The highest BCUT2D eigenvalue weighted by molar-refractivity contribution is 7.98. The molecule has 0 radical (unpaired) electrons. The number of thioether (sulfide) groups is 1. The Morgan fingerprint density at radius 1 is 1.38 bits per heavy atom. The maximum absolute atomic E-state index is 2.69. The summed E-state index contributed by atoms with van der Waals surface area (Å²) >= 11 is 1.99. The molecule has 1 saturated heterocycles. The fourth-order valence-electron chi connectivity index (χ4n) is 2.25. The summed E-state index contributed by atoms with van der Waals surface area (Å²) in [7, 11) is 0. The van der Waals surface area contributed by atoms with Gasteiger partial charge in [0, 0.05) is 24.4 Å². The lowest BCUT2D eigenvalue weighted by Crippen LogP contribution is -2.47. The fraction of sp³-hybridized carbons (Fsp3) is 1.00. The smallest absolute Gasteiger partial charge is 0.0189 e. The van der Waals surface area contributed by atoms with Crippen LogP contribution in [-0.4, -0.2) is 35.5 Å². The Morgan fingerprint density at radius 3 is 2.62 bits per heavy atom. The van der Waals surface area contributed by atoms with Crippen molar-refractivity contribution in [2.24, 2.45) is 5.92 Å². The first kappa shape index (κ1) is 11.4. The lowest BCUT2D eigenvalue weighted by molar-refractivity contribution is 0.0951. The van der Waals surface area contributed by atoms with Crippen LogP contribution in [0, 0.1) is 5.92 Å². The van der Waals surface area contributed by atoms with Crippen LogP contribution in [0.3, 0.4) is 0 Å². The van der Waals surface area contributed by atoms with Gasteiger partial charge in [0.05, 0.1) is 0 Å². The first-order valence-electron chi connectivity index (χ1n) is 5.39. The molecule has 1 nitrogen and oxygen atoms in total. The van der Waals surface area contributed by atoms with Crippen LogP contribution in [0.15, 0.2) is 0 Å². The molecule has 1 rings (SSSR count). The van der Waals surface area contributed by atoms with Crippen molar-refractivity contribution in [3.05, 3.63) is 0 Å². The predicted molar refractivity (Wildman–Crippen MR) is 62.4 cm³/mol. The molecule has 0 spiro atoms. The lowest BCUT2D eigenvalue weighted by Gasteiger charge is -2.41. The second-order valence-corrected chi connectivity index (χ2v) is 5.49. The van der Waals surface area contributed by atoms with Gasteiger partial charge in [0.2, 0.25) is 0 Å². The Bertz CT molecular complexity index is 147. The minimum Gasteiger partial charge on any atom is -0.297 e. The average molecular weight is 201 g/mol. The minimum atomic E-state index is 0.722. The Morgan fingerprint density at radius 2 is 2.08 bits per heavy atom. The van der Waals surface area contributed by atoms with Crippen molar-refractivity contribution in [2.75, 3.05) is 18.6 Å². The van der Waals surface area contributed by atoms with Gasteiger partial charge in [-0.3, -0.25) is 4.90 Å². The molecule has 0 aliphatic carbocycles. The Kier molecular flexibility index (Phi) is 4.60. The molecular weight excluding hydrogens is 178 g/mol. The number of hydrogen-bond donors (Lipinski definition) is 0. The summed E-state index contributed by atoms with van der Waals surface area (Å²) in [5.41, 5.74) is 0. The summed E-state index contributed by atoms with van der Waals surface area (Å²) in [5.74, 6) is 2.21. The van der Waals surface area contributed by atoms with E-state index in [1.165, 1.54) is 25.1 Å². The van der Waals surface area contributed by atoms with E-state index >= 15 is 0 Å². The Balaban J connectivity index is 2.50. The number of nitrogens with zero attached hydrogens (tertiary/aromatic N) is 1. The lowest BCUT2D eigenvalue weighted by atomic mass is 9.94. The number of likely N-dealkylation sites (tertiary alicyclic amines) is 1. The van der Waals surface area contributed by atoms with Crippen molar-refractivity contribution in [2.45, 2.75) is 45.7 Å². The van der Waals surface area contributed by atoms with E-state index in [0.29, 0.717) is 0 Å². The number of hydrogen-bond acceptors (Lipinski definition) is 2. The summed E-state index contributed by atoms with van der Waals surface area (Å²) in [6.07, 6.45) is 5.05. The monoisotopic (exact) mass is 201 g/mol. The summed E-state index contributed by atoms with van der Waals surface area (Å²) < 4.78 is 0. The average Bonchev–Trinajstić information content (AvgIpc) is 2.08. The van der Waals surface area contributed by atoms with E-state index in [9.17, 15) is 0 Å². The van der Waals surface area contributed by atoms with E-state index in [0.717, 1.165) is 18.0 Å². The van der Waals surface area contributed by atoms with Gasteiger partial charge in [-0.1, -0.05) is 6.92 Å². The molecule has 0 amide bonds. The van der Waals surface area contributed by atoms with Gasteiger partial charge in [0.15, 0.2) is 0 Å². The van der Waals surface area contributed by atoms with Gasteiger partial charge in [-0.15, -0.1) is 0 Å².